The van der Waals surface area contributed by atoms with Crippen molar-refractivity contribution in [1.29, 1.82) is 0 Å². The van der Waals surface area contributed by atoms with Crippen LogP contribution >= 0.6 is 0 Å². The van der Waals surface area contributed by atoms with Crippen molar-refractivity contribution < 1.29 is 4.79 Å². The lowest BCUT2D eigenvalue weighted by Gasteiger charge is -2.04. The molecule has 1 aromatic carbocycles. The minimum absolute atomic E-state index is 0.128. The number of ketones is 1. The van der Waals surface area contributed by atoms with Gasteiger partial charge in [-0.2, -0.15) is 0 Å². The Morgan fingerprint density at radius 1 is 1.11 bits per heavy atom. The summed E-state index contributed by atoms with van der Waals surface area (Å²) in [5.74, 6) is 0.128. The van der Waals surface area contributed by atoms with Gasteiger partial charge in [-0.3, -0.25) is 9.78 Å². The van der Waals surface area contributed by atoms with Crippen molar-refractivity contribution in [3.05, 3.63) is 66.0 Å². The van der Waals surface area contributed by atoms with Gasteiger partial charge >= 0.3 is 0 Å². The molecule has 92 valence electrons. The van der Waals surface area contributed by atoms with Gasteiger partial charge in [-0.25, -0.2) is 0 Å². The third kappa shape index (κ3) is 3.79. The molecule has 0 spiro atoms. The van der Waals surface area contributed by atoms with Crippen molar-refractivity contribution in [1.82, 2.24) is 10.3 Å². The Morgan fingerprint density at radius 2 is 1.94 bits per heavy atom. The van der Waals surface area contributed by atoms with Crippen LogP contribution in [-0.2, 0) is 6.54 Å². The smallest absolute Gasteiger partial charge is 0.165 e. The molecule has 0 saturated carbocycles. The molecule has 0 aliphatic rings. The molecule has 0 saturated heterocycles. The number of rotatable bonds is 6. The first-order chi connectivity index (χ1) is 8.86. The number of carbonyl (C=O) groups is 1. The molecule has 2 aromatic rings. The van der Waals surface area contributed by atoms with E-state index in [1.165, 1.54) is 5.56 Å². The first kappa shape index (κ1) is 12.5. The summed E-state index contributed by atoms with van der Waals surface area (Å²) in [6, 6.07) is 13.7. The molecule has 18 heavy (non-hydrogen) atoms. The van der Waals surface area contributed by atoms with Crippen LogP contribution in [0.4, 0.5) is 0 Å². The molecule has 0 unspecified atom stereocenters. The second-order valence-corrected chi connectivity index (χ2v) is 4.08. The predicted octanol–water partition coefficient (Wildman–Crippen LogP) is 2.44. The van der Waals surface area contributed by atoms with Crippen molar-refractivity contribution in [2.75, 3.05) is 6.54 Å². The lowest BCUT2D eigenvalue weighted by Crippen LogP contribution is -2.17. The van der Waals surface area contributed by atoms with Crippen LogP contribution in [0, 0.1) is 0 Å². The third-order valence-corrected chi connectivity index (χ3v) is 2.68. The Morgan fingerprint density at radius 3 is 2.67 bits per heavy atom. The lowest BCUT2D eigenvalue weighted by molar-refractivity contribution is 0.0982. The van der Waals surface area contributed by atoms with Crippen LogP contribution in [0.3, 0.4) is 0 Å². The van der Waals surface area contributed by atoms with E-state index in [0.717, 1.165) is 6.54 Å². The van der Waals surface area contributed by atoms with Crippen LogP contribution in [0.15, 0.2) is 54.9 Å². The summed E-state index contributed by atoms with van der Waals surface area (Å²) < 4.78 is 0. The molecular formula is C15H16N2O. The van der Waals surface area contributed by atoms with Gasteiger partial charge in [0.1, 0.15) is 0 Å². The molecule has 3 nitrogen and oxygen atoms in total. The fourth-order valence-electron chi connectivity index (χ4n) is 1.70. The Labute approximate surface area is 107 Å². The zero-order chi connectivity index (χ0) is 12.6. The van der Waals surface area contributed by atoms with Crippen molar-refractivity contribution in [2.45, 2.75) is 13.0 Å². The second-order valence-electron chi connectivity index (χ2n) is 4.08. The fourth-order valence-corrected chi connectivity index (χ4v) is 1.70. The summed E-state index contributed by atoms with van der Waals surface area (Å²) in [7, 11) is 0. The van der Waals surface area contributed by atoms with Crippen LogP contribution in [-0.4, -0.2) is 17.3 Å². The molecule has 0 atom stereocenters. The maximum atomic E-state index is 11.8. The SMILES string of the molecule is O=C(CCNCc1ccccc1)c1cccnc1. The average Bonchev–Trinajstić information content (AvgIpc) is 2.45. The average molecular weight is 240 g/mol. The van der Waals surface area contributed by atoms with Gasteiger partial charge in [-0.15, -0.1) is 0 Å². The molecular weight excluding hydrogens is 224 g/mol. The van der Waals surface area contributed by atoms with Gasteiger partial charge in [0.05, 0.1) is 0 Å². The summed E-state index contributed by atoms with van der Waals surface area (Å²) in [6.07, 6.45) is 3.78. The minimum Gasteiger partial charge on any atom is -0.312 e. The van der Waals surface area contributed by atoms with Crippen molar-refractivity contribution in [3.63, 3.8) is 0 Å². The number of aromatic nitrogens is 1. The highest BCUT2D eigenvalue weighted by atomic mass is 16.1. The molecule has 0 aliphatic heterocycles. The van der Waals surface area contributed by atoms with E-state index in [0.29, 0.717) is 18.5 Å². The van der Waals surface area contributed by atoms with E-state index < -0.39 is 0 Å². The summed E-state index contributed by atoms with van der Waals surface area (Å²) in [6.45, 7) is 1.48. The zero-order valence-corrected chi connectivity index (χ0v) is 10.2. The van der Waals surface area contributed by atoms with E-state index in [-0.39, 0.29) is 5.78 Å². The number of pyridine rings is 1. The van der Waals surface area contributed by atoms with Gasteiger partial charge in [-0.05, 0) is 17.7 Å². The fraction of sp³-hybridized carbons (Fsp3) is 0.200. The molecule has 0 amide bonds. The maximum Gasteiger partial charge on any atom is 0.165 e. The number of hydrogen-bond acceptors (Lipinski definition) is 3. The second kappa shape index (κ2) is 6.67. The van der Waals surface area contributed by atoms with E-state index in [9.17, 15) is 4.79 Å². The molecule has 0 bridgehead atoms. The van der Waals surface area contributed by atoms with Gasteiger partial charge in [0.25, 0.3) is 0 Å². The number of hydrogen-bond donors (Lipinski definition) is 1. The number of nitrogens with one attached hydrogen (secondary N) is 1. The Hall–Kier alpha value is -2.00. The lowest BCUT2D eigenvalue weighted by atomic mass is 10.1. The van der Waals surface area contributed by atoms with Gasteiger partial charge < -0.3 is 5.32 Å². The van der Waals surface area contributed by atoms with Crippen LogP contribution < -0.4 is 5.32 Å². The molecule has 0 radical (unpaired) electrons. The first-order valence-electron chi connectivity index (χ1n) is 6.04. The number of Topliss-reactive ketones (excluding diaryl/α,β-unsaturated/α-hetero) is 1. The topological polar surface area (TPSA) is 42.0 Å². The maximum absolute atomic E-state index is 11.8. The molecule has 0 aliphatic carbocycles. The summed E-state index contributed by atoms with van der Waals surface area (Å²) in [5, 5.41) is 3.26. The van der Waals surface area contributed by atoms with Gasteiger partial charge in [0.15, 0.2) is 5.78 Å². The molecule has 1 heterocycles. The Balaban J connectivity index is 1.72. The summed E-state index contributed by atoms with van der Waals surface area (Å²) in [4.78, 5) is 15.7. The molecule has 2 rings (SSSR count). The molecule has 3 heteroatoms. The van der Waals surface area contributed by atoms with Crippen molar-refractivity contribution >= 4 is 5.78 Å². The molecule has 1 N–H and O–H groups in total. The Kier molecular flexibility index (Phi) is 4.61. The van der Waals surface area contributed by atoms with Gasteiger partial charge in [0.2, 0.25) is 0 Å². The monoisotopic (exact) mass is 240 g/mol. The van der Waals surface area contributed by atoms with Crippen LogP contribution in [0.1, 0.15) is 22.3 Å². The number of carbonyl (C=O) groups excluding carboxylic acids is 1. The minimum atomic E-state index is 0.128. The molecule has 1 aromatic heterocycles. The third-order valence-electron chi connectivity index (χ3n) is 2.68. The van der Waals surface area contributed by atoms with Gasteiger partial charge in [-0.1, -0.05) is 30.3 Å². The largest absolute Gasteiger partial charge is 0.312 e. The first-order valence-corrected chi connectivity index (χ1v) is 6.04. The van der Waals surface area contributed by atoms with E-state index in [2.05, 4.69) is 22.4 Å². The summed E-state index contributed by atoms with van der Waals surface area (Å²) >= 11 is 0. The van der Waals surface area contributed by atoms with E-state index in [1.807, 2.05) is 18.2 Å². The Bertz CT molecular complexity index is 482. The number of nitrogens with zero attached hydrogens (tertiary/aromatic N) is 1. The zero-order valence-electron chi connectivity index (χ0n) is 10.2. The predicted molar refractivity (Wildman–Crippen MR) is 71.3 cm³/mol. The quantitative estimate of drug-likeness (QED) is 0.623. The van der Waals surface area contributed by atoms with E-state index in [1.54, 1.807) is 24.5 Å². The van der Waals surface area contributed by atoms with E-state index in [4.69, 9.17) is 0 Å². The van der Waals surface area contributed by atoms with E-state index >= 15 is 0 Å². The summed E-state index contributed by atoms with van der Waals surface area (Å²) in [5.41, 5.74) is 1.91. The normalized spacial score (nSPS) is 10.2. The number of benzene rings is 1. The van der Waals surface area contributed by atoms with Crippen molar-refractivity contribution in [3.8, 4) is 0 Å². The standard InChI is InChI=1S/C15H16N2O/c18-15(14-7-4-9-16-12-14)8-10-17-11-13-5-2-1-3-6-13/h1-7,9,12,17H,8,10-11H2. The molecule has 0 fully saturated rings. The van der Waals surface area contributed by atoms with Crippen LogP contribution in [0.2, 0.25) is 0 Å². The highest BCUT2D eigenvalue weighted by molar-refractivity contribution is 5.95. The van der Waals surface area contributed by atoms with Crippen molar-refractivity contribution in [2.24, 2.45) is 0 Å². The highest BCUT2D eigenvalue weighted by Crippen LogP contribution is 2.01. The highest BCUT2D eigenvalue weighted by Gasteiger charge is 2.04. The van der Waals surface area contributed by atoms with Crippen LogP contribution in [0.25, 0.3) is 0 Å². The van der Waals surface area contributed by atoms with Crippen LogP contribution in [0.5, 0.6) is 0 Å². The van der Waals surface area contributed by atoms with Gasteiger partial charge in [0, 0.05) is 37.5 Å².